The van der Waals surface area contributed by atoms with Crippen LogP contribution in [0.1, 0.15) is 21.6 Å². The lowest BCUT2D eigenvalue weighted by molar-refractivity contribution is 0.102. The average molecular weight is 559 g/mol. The lowest BCUT2D eigenvalue weighted by Gasteiger charge is -2.14. The number of carbonyl (C=O) groups excluding carboxylic acids is 1. The molecular formula is C29H26N4O6S. The Hall–Kier alpha value is -4.90. The van der Waals surface area contributed by atoms with Crippen LogP contribution >= 0.6 is 0 Å². The van der Waals surface area contributed by atoms with Crippen molar-refractivity contribution < 1.29 is 27.2 Å². The predicted molar refractivity (Wildman–Crippen MR) is 151 cm³/mol. The number of aromatic nitrogens is 2. The maximum atomic E-state index is 13.5. The van der Waals surface area contributed by atoms with Crippen molar-refractivity contribution in [2.45, 2.75) is 18.7 Å². The van der Waals surface area contributed by atoms with Crippen LogP contribution in [0.15, 0.2) is 82.2 Å². The van der Waals surface area contributed by atoms with E-state index in [1.807, 2.05) is 30.3 Å². The van der Waals surface area contributed by atoms with Gasteiger partial charge in [-0.2, -0.15) is 0 Å². The van der Waals surface area contributed by atoms with Crippen LogP contribution in [0.25, 0.3) is 22.2 Å². The molecule has 2 aromatic heterocycles. The second kappa shape index (κ2) is 10.7. The second-order valence-corrected chi connectivity index (χ2v) is 10.6. The SMILES string of the molecule is COc1ccc(-c2cc(C(=O)Nc3ccc(S(=O)(=O)Nc4onc(C)c4C)cc3)c3ccccc3n2)c(OC)c1. The van der Waals surface area contributed by atoms with Gasteiger partial charge in [0.15, 0.2) is 0 Å². The Morgan fingerprint density at radius 1 is 0.925 bits per heavy atom. The van der Waals surface area contributed by atoms with Gasteiger partial charge in [0.2, 0.25) is 5.88 Å². The summed E-state index contributed by atoms with van der Waals surface area (Å²) in [4.78, 5) is 18.2. The van der Waals surface area contributed by atoms with Crippen molar-refractivity contribution in [1.29, 1.82) is 0 Å². The first-order valence-corrected chi connectivity index (χ1v) is 13.7. The van der Waals surface area contributed by atoms with E-state index < -0.39 is 10.0 Å². The first kappa shape index (κ1) is 26.7. The number of sulfonamides is 1. The normalized spacial score (nSPS) is 11.3. The van der Waals surface area contributed by atoms with Crippen molar-refractivity contribution >= 4 is 38.4 Å². The number of nitrogens with zero attached hydrogens (tertiary/aromatic N) is 2. The molecule has 2 heterocycles. The Morgan fingerprint density at radius 2 is 1.68 bits per heavy atom. The molecule has 0 bridgehead atoms. The Balaban J connectivity index is 1.44. The van der Waals surface area contributed by atoms with Crippen molar-refractivity contribution in [1.82, 2.24) is 10.1 Å². The molecule has 0 saturated heterocycles. The minimum atomic E-state index is -3.92. The minimum absolute atomic E-state index is 0.00204. The fraction of sp³-hybridized carbons (Fsp3) is 0.138. The van der Waals surface area contributed by atoms with Gasteiger partial charge in [-0.25, -0.2) is 18.1 Å². The van der Waals surface area contributed by atoms with Crippen LogP contribution in [0.4, 0.5) is 11.6 Å². The summed E-state index contributed by atoms with van der Waals surface area (Å²) in [5.74, 6) is 0.859. The van der Waals surface area contributed by atoms with Gasteiger partial charge < -0.3 is 19.3 Å². The van der Waals surface area contributed by atoms with Crippen LogP contribution < -0.4 is 19.5 Å². The smallest absolute Gasteiger partial charge is 0.264 e. The molecule has 40 heavy (non-hydrogen) atoms. The van der Waals surface area contributed by atoms with Crippen molar-refractivity contribution in [2.24, 2.45) is 0 Å². The third-order valence-corrected chi connectivity index (χ3v) is 7.80. The first-order valence-electron chi connectivity index (χ1n) is 12.2. The maximum absolute atomic E-state index is 13.5. The van der Waals surface area contributed by atoms with E-state index in [4.69, 9.17) is 19.0 Å². The molecule has 2 N–H and O–H groups in total. The Kier molecular flexibility index (Phi) is 7.14. The van der Waals surface area contributed by atoms with Gasteiger partial charge in [-0.1, -0.05) is 23.4 Å². The van der Waals surface area contributed by atoms with Crippen LogP contribution in [0.3, 0.4) is 0 Å². The zero-order valence-electron chi connectivity index (χ0n) is 22.2. The zero-order valence-corrected chi connectivity index (χ0v) is 23.0. The Labute approximate surface area is 231 Å². The van der Waals surface area contributed by atoms with Crippen LogP contribution in [-0.4, -0.2) is 38.7 Å². The van der Waals surface area contributed by atoms with Crippen molar-refractivity contribution in [2.75, 3.05) is 24.3 Å². The standard InChI is InChI=1S/C29H26N4O6S/c1-17-18(2)32-39-29(17)33-40(35,36)21-12-9-19(10-13-21)30-28(34)24-16-26(31-25-8-6-5-7-22(24)25)23-14-11-20(37-3)15-27(23)38-4/h5-16,33H,1-4H3,(H,30,34). The molecule has 0 fully saturated rings. The number of amides is 1. The van der Waals surface area contributed by atoms with E-state index >= 15 is 0 Å². The number of hydrogen-bond donors (Lipinski definition) is 2. The summed E-state index contributed by atoms with van der Waals surface area (Å²) in [5.41, 5.74) is 3.88. The van der Waals surface area contributed by atoms with E-state index in [1.54, 1.807) is 46.3 Å². The van der Waals surface area contributed by atoms with Gasteiger partial charge in [0.05, 0.1) is 41.6 Å². The molecule has 1 amide bonds. The molecule has 0 atom stereocenters. The molecule has 0 spiro atoms. The molecule has 0 aliphatic rings. The van der Waals surface area contributed by atoms with Crippen molar-refractivity contribution in [3.05, 3.63) is 89.6 Å². The van der Waals surface area contributed by atoms with E-state index in [9.17, 15) is 13.2 Å². The number of carbonyl (C=O) groups is 1. The quantitative estimate of drug-likeness (QED) is 0.252. The summed E-state index contributed by atoms with van der Waals surface area (Å²) >= 11 is 0. The van der Waals surface area contributed by atoms with E-state index in [0.29, 0.717) is 56.2 Å². The van der Waals surface area contributed by atoms with Crippen molar-refractivity contribution in [3.8, 4) is 22.8 Å². The summed E-state index contributed by atoms with van der Waals surface area (Å²) in [6.45, 7) is 3.43. The molecule has 0 radical (unpaired) electrons. The van der Waals surface area contributed by atoms with Crippen LogP contribution in [0.5, 0.6) is 11.5 Å². The summed E-state index contributed by atoms with van der Waals surface area (Å²) < 4.78 is 43.9. The minimum Gasteiger partial charge on any atom is -0.497 e. The molecule has 204 valence electrons. The average Bonchev–Trinajstić information content (AvgIpc) is 3.28. The molecule has 0 unspecified atom stereocenters. The molecule has 5 rings (SSSR count). The number of anilines is 2. The third-order valence-electron chi connectivity index (χ3n) is 6.45. The van der Waals surface area contributed by atoms with Gasteiger partial charge >= 0.3 is 0 Å². The molecule has 0 saturated carbocycles. The number of fused-ring (bicyclic) bond motifs is 1. The highest BCUT2D eigenvalue weighted by molar-refractivity contribution is 7.92. The van der Waals surface area contributed by atoms with E-state index in [0.717, 1.165) is 0 Å². The largest absolute Gasteiger partial charge is 0.497 e. The Morgan fingerprint density at radius 3 is 2.35 bits per heavy atom. The third kappa shape index (κ3) is 5.19. The number of hydrogen-bond acceptors (Lipinski definition) is 8. The summed E-state index contributed by atoms with van der Waals surface area (Å²) in [7, 11) is -0.795. The van der Waals surface area contributed by atoms with Crippen LogP contribution in [0.2, 0.25) is 0 Å². The molecule has 3 aromatic carbocycles. The van der Waals surface area contributed by atoms with Gasteiger partial charge in [-0.15, -0.1) is 0 Å². The highest BCUT2D eigenvalue weighted by Gasteiger charge is 2.20. The van der Waals surface area contributed by atoms with Gasteiger partial charge in [-0.3, -0.25) is 4.79 Å². The Bertz CT molecular complexity index is 1830. The number of nitrogens with one attached hydrogen (secondary N) is 2. The van der Waals surface area contributed by atoms with Gasteiger partial charge in [0.25, 0.3) is 15.9 Å². The van der Waals surface area contributed by atoms with Crippen molar-refractivity contribution in [3.63, 3.8) is 0 Å². The number of benzene rings is 3. The van der Waals surface area contributed by atoms with Crippen LogP contribution in [-0.2, 0) is 10.0 Å². The van der Waals surface area contributed by atoms with E-state index in [1.165, 1.54) is 24.3 Å². The maximum Gasteiger partial charge on any atom is 0.264 e. The number of pyridine rings is 1. The fourth-order valence-corrected chi connectivity index (χ4v) is 5.17. The highest BCUT2D eigenvalue weighted by atomic mass is 32.2. The number of ether oxygens (including phenoxy) is 2. The number of methoxy groups -OCH3 is 2. The number of para-hydroxylation sites is 1. The first-order chi connectivity index (χ1) is 19.2. The molecule has 0 aliphatic carbocycles. The summed E-state index contributed by atoms with van der Waals surface area (Å²) in [5, 5.41) is 7.29. The molecular weight excluding hydrogens is 532 g/mol. The van der Waals surface area contributed by atoms with Gasteiger partial charge in [0, 0.05) is 28.3 Å². The predicted octanol–water partition coefficient (Wildman–Crippen LogP) is 5.58. The van der Waals surface area contributed by atoms with Gasteiger partial charge in [-0.05, 0) is 62.4 Å². The van der Waals surface area contributed by atoms with Gasteiger partial charge in [0.1, 0.15) is 11.5 Å². The second-order valence-electron chi connectivity index (χ2n) is 8.94. The lowest BCUT2D eigenvalue weighted by atomic mass is 10.0. The molecule has 11 heteroatoms. The monoisotopic (exact) mass is 558 g/mol. The lowest BCUT2D eigenvalue weighted by Crippen LogP contribution is -2.15. The van der Waals surface area contributed by atoms with E-state index in [2.05, 4.69) is 15.2 Å². The molecule has 10 nitrogen and oxygen atoms in total. The summed E-state index contributed by atoms with van der Waals surface area (Å²) in [6.07, 6.45) is 0. The highest BCUT2D eigenvalue weighted by Crippen LogP contribution is 2.34. The molecule has 0 aliphatic heterocycles. The zero-order chi connectivity index (χ0) is 28.4. The number of rotatable bonds is 8. The molecule has 5 aromatic rings. The number of aryl methyl sites for hydroxylation is 1. The van der Waals surface area contributed by atoms with E-state index in [-0.39, 0.29) is 16.7 Å². The topological polar surface area (TPSA) is 133 Å². The van der Waals surface area contributed by atoms with Crippen LogP contribution in [0, 0.1) is 13.8 Å². The summed E-state index contributed by atoms with van der Waals surface area (Å²) in [6, 6.07) is 20.2. The fourth-order valence-electron chi connectivity index (χ4n) is 4.12.